The number of quaternary nitrogens is 1. The zero-order valence-electron chi connectivity index (χ0n) is 14.9. The molecule has 2 aliphatic heterocycles. The maximum absolute atomic E-state index is 12.6. The number of fused-ring (bicyclic) bond motifs is 3. The van der Waals surface area contributed by atoms with Gasteiger partial charge < -0.3 is 19.6 Å². The molecular formula is C21H23N3O2. The fraction of sp³-hybridized carbons (Fsp3) is 0.381. The second-order valence-corrected chi connectivity index (χ2v) is 7.81. The van der Waals surface area contributed by atoms with Crippen molar-refractivity contribution in [2.75, 3.05) is 7.05 Å². The highest BCUT2D eigenvalue weighted by atomic mass is 16.6. The number of pyridine rings is 1. The summed E-state index contributed by atoms with van der Waals surface area (Å²) >= 11 is 0. The van der Waals surface area contributed by atoms with Crippen LogP contribution in [0.3, 0.4) is 0 Å². The van der Waals surface area contributed by atoms with Crippen LogP contribution in [0, 0.1) is 5.21 Å². The van der Waals surface area contributed by atoms with Gasteiger partial charge in [-0.1, -0.05) is 6.07 Å². The highest BCUT2D eigenvalue weighted by molar-refractivity contribution is 5.84. The van der Waals surface area contributed by atoms with Crippen LogP contribution >= 0.6 is 0 Å². The molecule has 4 atom stereocenters. The molecule has 3 aromatic rings. The Hall–Kier alpha value is -2.37. The highest BCUT2D eigenvalue weighted by Gasteiger charge is 2.47. The molecule has 0 radical (unpaired) electrons. The number of hydrogen-bond acceptors (Lipinski definition) is 3. The standard InChI is InChI=1S/C21H23N3O2/c1-24(25)16-3-4-17(24)12-19(11-16)26-18-5-7-21(23-13-18)14-2-6-20-15(10-14)8-9-22-20/h2,5-10,13,16-17,19,22H,3-4,11-12H2,1H3/t16-,17+,19+,24+. The Labute approximate surface area is 152 Å². The first-order chi connectivity index (χ1) is 12.6. The Morgan fingerprint density at radius 3 is 2.65 bits per heavy atom. The van der Waals surface area contributed by atoms with Gasteiger partial charge in [-0.2, -0.15) is 0 Å². The van der Waals surface area contributed by atoms with E-state index in [0.29, 0.717) is 0 Å². The van der Waals surface area contributed by atoms with E-state index in [9.17, 15) is 5.21 Å². The summed E-state index contributed by atoms with van der Waals surface area (Å²) in [6.07, 6.45) is 7.65. The maximum atomic E-state index is 12.6. The van der Waals surface area contributed by atoms with Gasteiger partial charge in [0.1, 0.15) is 11.9 Å². The number of rotatable bonds is 3. The van der Waals surface area contributed by atoms with E-state index in [4.69, 9.17) is 4.74 Å². The second-order valence-electron chi connectivity index (χ2n) is 7.81. The van der Waals surface area contributed by atoms with Crippen molar-refractivity contribution in [1.82, 2.24) is 9.97 Å². The van der Waals surface area contributed by atoms with Crippen molar-refractivity contribution in [3.05, 3.63) is 54.0 Å². The van der Waals surface area contributed by atoms with Crippen LogP contribution in [0.15, 0.2) is 48.8 Å². The molecule has 0 saturated carbocycles. The molecule has 0 amide bonds. The van der Waals surface area contributed by atoms with Crippen LogP contribution in [0.1, 0.15) is 25.7 Å². The number of nitrogens with one attached hydrogen (secondary N) is 1. The summed E-state index contributed by atoms with van der Waals surface area (Å²) in [5, 5.41) is 13.8. The minimum absolute atomic E-state index is 0.0708. The van der Waals surface area contributed by atoms with Crippen LogP contribution in [0.4, 0.5) is 0 Å². The lowest BCUT2D eigenvalue weighted by atomic mass is 10.00. The van der Waals surface area contributed by atoms with Crippen molar-refractivity contribution in [2.45, 2.75) is 43.9 Å². The summed E-state index contributed by atoms with van der Waals surface area (Å²) in [7, 11) is 1.83. The Morgan fingerprint density at radius 1 is 1.12 bits per heavy atom. The van der Waals surface area contributed by atoms with Crippen molar-refractivity contribution >= 4 is 10.9 Å². The normalized spacial score (nSPS) is 30.6. The van der Waals surface area contributed by atoms with E-state index in [0.717, 1.165) is 48.2 Å². The molecule has 2 fully saturated rings. The summed E-state index contributed by atoms with van der Waals surface area (Å²) in [6.45, 7) is 0. The zero-order valence-corrected chi connectivity index (χ0v) is 14.9. The van der Waals surface area contributed by atoms with Gasteiger partial charge in [0.15, 0.2) is 0 Å². The number of benzene rings is 1. The first-order valence-corrected chi connectivity index (χ1v) is 9.37. The number of piperidine rings is 1. The fourth-order valence-corrected chi connectivity index (χ4v) is 4.68. The number of hydroxylamine groups is 3. The van der Waals surface area contributed by atoms with Gasteiger partial charge in [-0.15, -0.1) is 0 Å². The Bertz CT molecular complexity index is 916. The molecule has 1 N–H and O–H groups in total. The van der Waals surface area contributed by atoms with Crippen molar-refractivity contribution in [3.8, 4) is 17.0 Å². The summed E-state index contributed by atoms with van der Waals surface area (Å²) in [6, 6.07) is 12.7. The van der Waals surface area contributed by atoms with Gasteiger partial charge in [0, 0.05) is 48.3 Å². The maximum Gasteiger partial charge on any atom is 0.138 e. The van der Waals surface area contributed by atoms with Gasteiger partial charge in [0.25, 0.3) is 0 Å². The molecule has 134 valence electrons. The molecule has 4 heterocycles. The van der Waals surface area contributed by atoms with Gasteiger partial charge in [-0.05, 0) is 30.3 Å². The third-order valence-corrected chi connectivity index (χ3v) is 6.24. The monoisotopic (exact) mass is 349 g/mol. The summed E-state index contributed by atoms with van der Waals surface area (Å²) in [5.41, 5.74) is 3.16. The first-order valence-electron chi connectivity index (χ1n) is 9.37. The topological polar surface area (TPSA) is 61.0 Å². The Kier molecular flexibility index (Phi) is 3.55. The number of hydrogen-bond donors (Lipinski definition) is 1. The van der Waals surface area contributed by atoms with Crippen LogP contribution in [0.5, 0.6) is 5.75 Å². The largest absolute Gasteiger partial charge is 0.633 e. The number of aromatic amines is 1. The lowest BCUT2D eigenvalue weighted by Gasteiger charge is -2.50. The Balaban J connectivity index is 1.31. The van der Waals surface area contributed by atoms with E-state index in [2.05, 4.69) is 34.2 Å². The van der Waals surface area contributed by atoms with Gasteiger partial charge in [0.05, 0.1) is 31.0 Å². The van der Waals surface area contributed by atoms with Gasteiger partial charge in [-0.3, -0.25) is 4.98 Å². The first kappa shape index (κ1) is 15.9. The number of ether oxygens (including phenoxy) is 1. The molecule has 2 aromatic heterocycles. The average Bonchev–Trinajstić information content (AvgIpc) is 3.12. The van der Waals surface area contributed by atoms with E-state index in [1.165, 1.54) is 5.39 Å². The number of nitrogens with zero attached hydrogens (tertiary/aromatic N) is 2. The van der Waals surface area contributed by atoms with Crippen LogP contribution in [-0.4, -0.2) is 39.8 Å². The third-order valence-electron chi connectivity index (χ3n) is 6.24. The van der Waals surface area contributed by atoms with Gasteiger partial charge in [0.2, 0.25) is 0 Å². The smallest absolute Gasteiger partial charge is 0.138 e. The average molecular weight is 349 g/mol. The molecule has 0 unspecified atom stereocenters. The predicted octanol–water partition coefficient (Wildman–Crippen LogP) is 4.25. The molecule has 5 rings (SSSR count). The minimum atomic E-state index is -0.0708. The number of aromatic nitrogens is 2. The lowest BCUT2D eigenvalue weighted by Crippen LogP contribution is -2.55. The third kappa shape index (κ3) is 2.59. The molecule has 0 spiro atoms. The van der Waals surface area contributed by atoms with Crippen molar-refractivity contribution in [1.29, 1.82) is 0 Å². The Morgan fingerprint density at radius 2 is 1.92 bits per heavy atom. The molecule has 2 saturated heterocycles. The fourth-order valence-electron chi connectivity index (χ4n) is 4.68. The number of H-pyrrole nitrogens is 1. The quantitative estimate of drug-likeness (QED) is 0.568. The SMILES string of the molecule is C[N@+]1([O-])[C@@H]2CC[C@H]1C[C@@H](Oc1ccc(-c3ccc4[nH]ccc4c3)nc1)C2. The van der Waals surface area contributed by atoms with Gasteiger partial charge in [-0.25, -0.2) is 0 Å². The van der Waals surface area contributed by atoms with Crippen LogP contribution in [0.25, 0.3) is 22.2 Å². The van der Waals surface area contributed by atoms with Crippen LogP contribution in [0.2, 0.25) is 0 Å². The molecule has 26 heavy (non-hydrogen) atoms. The van der Waals surface area contributed by atoms with E-state index >= 15 is 0 Å². The van der Waals surface area contributed by atoms with Crippen LogP contribution < -0.4 is 4.74 Å². The van der Waals surface area contributed by atoms with Gasteiger partial charge >= 0.3 is 0 Å². The van der Waals surface area contributed by atoms with Crippen molar-refractivity contribution < 1.29 is 9.38 Å². The predicted molar refractivity (Wildman–Crippen MR) is 102 cm³/mol. The van der Waals surface area contributed by atoms with E-state index in [1.54, 1.807) is 6.20 Å². The van der Waals surface area contributed by atoms with Crippen molar-refractivity contribution in [3.63, 3.8) is 0 Å². The zero-order chi connectivity index (χ0) is 17.7. The lowest BCUT2D eigenvalue weighted by molar-refractivity contribution is -0.903. The summed E-state index contributed by atoms with van der Waals surface area (Å²) < 4.78 is 6.09. The van der Waals surface area contributed by atoms with E-state index < -0.39 is 0 Å². The molecule has 5 nitrogen and oxygen atoms in total. The minimum Gasteiger partial charge on any atom is -0.633 e. The molecule has 2 aliphatic rings. The highest BCUT2D eigenvalue weighted by Crippen LogP contribution is 2.41. The molecule has 1 aromatic carbocycles. The van der Waals surface area contributed by atoms with Crippen molar-refractivity contribution in [2.24, 2.45) is 0 Å². The molecule has 0 aliphatic carbocycles. The molecular weight excluding hydrogens is 326 g/mol. The van der Waals surface area contributed by atoms with Crippen LogP contribution in [-0.2, 0) is 0 Å². The molecule has 5 heteroatoms. The summed E-state index contributed by atoms with van der Waals surface area (Å²) in [5.74, 6) is 0.794. The van der Waals surface area contributed by atoms with E-state index in [-0.39, 0.29) is 22.8 Å². The van der Waals surface area contributed by atoms with E-state index in [1.807, 2.05) is 25.4 Å². The molecule has 2 bridgehead atoms. The summed E-state index contributed by atoms with van der Waals surface area (Å²) in [4.78, 5) is 7.79. The second kappa shape index (κ2) is 5.83.